The molecule has 1 aromatic rings. The van der Waals surface area contributed by atoms with E-state index in [1.807, 2.05) is 46.8 Å². The van der Waals surface area contributed by atoms with Crippen molar-refractivity contribution in [2.24, 2.45) is 0 Å². The van der Waals surface area contributed by atoms with E-state index in [9.17, 15) is 4.39 Å². The lowest BCUT2D eigenvalue weighted by atomic mass is 9.78. The molecule has 1 heterocycles. The van der Waals surface area contributed by atoms with Gasteiger partial charge in [0.1, 0.15) is 5.82 Å². The molecule has 0 saturated carbocycles. The maximum absolute atomic E-state index is 14.2. The Morgan fingerprint density at radius 1 is 1.15 bits per heavy atom. The normalized spacial score (nSPS) is 22.1. The summed E-state index contributed by atoms with van der Waals surface area (Å²) in [7, 11) is -0.500. The molecule has 2 nitrogen and oxygen atoms in total. The Morgan fingerprint density at radius 2 is 1.70 bits per heavy atom. The van der Waals surface area contributed by atoms with Crippen LogP contribution in [0.25, 0.3) is 0 Å². The van der Waals surface area contributed by atoms with E-state index in [-0.39, 0.29) is 11.7 Å². The lowest BCUT2D eigenvalue weighted by Crippen LogP contribution is -2.41. The van der Waals surface area contributed by atoms with Gasteiger partial charge >= 0.3 is 7.12 Å². The van der Waals surface area contributed by atoms with E-state index < -0.39 is 18.3 Å². The summed E-state index contributed by atoms with van der Waals surface area (Å²) in [6.45, 7) is 12.1. The zero-order valence-electron chi connectivity index (χ0n) is 13.3. The molecule has 1 atom stereocenters. The third kappa shape index (κ3) is 2.64. The minimum atomic E-state index is -0.500. The first-order chi connectivity index (χ1) is 9.18. The number of hydrogen-bond donors (Lipinski definition) is 0. The van der Waals surface area contributed by atoms with E-state index in [4.69, 9.17) is 9.31 Å². The third-order valence-electron chi connectivity index (χ3n) is 4.69. The Morgan fingerprint density at radius 3 is 2.15 bits per heavy atom. The molecule has 0 radical (unpaired) electrons. The van der Waals surface area contributed by atoms with Crippen LogP contribution in [-0.4, -0.2) is 18.3 Å². The van der Waals surface area contributed by atoms with Crippen LogP contribution in [0, 0.1) is 5.82 Å². The maximum atomic E-state index is 14.2. The number of rotatable bonds is 3. The largest absolute Gasteiger partial charge is 0.494 e. The van der Waals surface area contributed by atoms with Gasteiger partial charge in [0.15, 0.2) is 0 Å². The van der Waals surface area contributed by atoms with Gasteiger partial charge in [0.2, 0.25) is 0 Å². The van der Waals surface area contributed by atoms with Crippen LogP contribution < -0.4 is 5.46 Å². The van der Waals surface area contributed by atoms with Gasteiger partial charge in [0.25, 0.3) is 0 Å². The highest BCUT2D eigenvalue weighted by Gasteiger charge is 2.51. The monoisotopic (exact) mass is 278 g/mol. The van der Waals surface area contributed by atoms with Gasteiger partial charge in [-0.3, -0.25) is 0 Å². The Labute approximate surface area is 121 Å². The molecule has 0 bridgehead atoms. The topological polar surface area (TPSA) is 18.5 Å². The lowest BCUT2D eigenvalue weighted by Gasteiger charge is -2.32. The summed E-state index contributed by atoms with van der Waals surface area (Å²) in [6, 6.07) is 5.31. The van der Waals surface area contributed by atoms with Gasteiger partial charge in [0.05, 0.1) is 11.2 Å². The average Bonchev–Trinajstić information content (AvgIpc) is 2.57. The van der Waals surface area contributed by atoms with Gasteiger partial charge in [0, 0.05) is 0 Å². The SMILES string of the molecule is CC[C@H](C)c1ccc(B2OC(C)(C)C(C)(C)O2)cc1F. The maximum Gasteiger partial charge on any atom is 0.494 e. The van der Waals surface area contributed by atoms with Crippen molar-refractivity contribution in [3.63, 3.8) is 0 Å². The van der Waals surface area contributed by atoms with Crippen molar-refractivity contribution < 1.29 is 13.7 Å². The molecule has 110 valence electrons. The van der Waals surface area contributed by atoms with Crippen molar-refractivity contribution in [2.75, 3.05) is 0 Å². The quantitative estimate of drug-likeness (QED) is 0.786. The minimum Gasteiger partial charge on any atom is -0.399 e. The van der Waals surface area contributed by atoms with Crippen molar-refractivity contribution in [3.05, 3.63) is 29.6 Å². The predicted molar refractivity (Wildman–Crippen MR) is 80.8 cm³/mol. The Hall–Kier alpha value is -0.865. The molecular formula is C16H24BFO2. The summed E-state index contributed by atoms with van der Waals surface area (Å²) in [6.07, 6.45) is 0.923. The molecule has 1 aliphatic rings. The summed E-state index contributed by atoms with van der Waals surface area (Å²) in [5.41, 5.74) is 0.702. The van der Waals surface area contributed by atoms with Crippen molar-refractivity contribution in [3.8, 4) is 0 Å². The second-order valence-corrected chi connectivity index (χ2v) is 6.68. The Kier molecular flexibility index (Phi) is 4.00. The highest BCUT2D eigenvalue weighted by atomic mass is 19.1. The molecule has 0 aromatic heterocycles. The van der Waals surface area contributed by atoms with Gasteiger partial charge in [-0.15, -0.1) is 0 Å². The second-order valence-electron chi connectivity index (χ2n) is 6.68. The zero-order valence-corrected chi connectivity index (χ0v) is 13.3. The molecule has 1 fully saturated rings. The Balaban J connectivity index is 2.26. The van der Waals surface area contributed by atoms with Crippen LogP contribution in [0.1, 0.15) is 59.4 Å². The van der Waals surface area contributed by atoms with Crippen LogP contribution in [0.15, 0.2) is 18.2 Å². The number of halogens is 1. The predicted octanol–water partition coefficient (Wildman–Crippen LogP) is 3.64. The van der Waals surface area contributed by atoms with E-state index in [0.29, 0.717) is 0 Å². The number of benzene rings is 1. The molecule has 1 aliphatic heterocycles. The van der Waals surface area contributed by atoms with E-state index in [1.54, 1.807) is 6.07 Å². The van der Waals surface area contributed by atoms with Crippen LogP contribution in [-0.2, 0) is 9.31 Å². The molecule has 1 aromatic carbocycles. The van der Waals surface area contributed by atoms with Crippen LogP contribution >= 0.6 is 0 Å². The average molecular weight is 278 g/mol. The first-order valence-electron chi connectivity index (χ1n) is 7.33. The highest BCUT2D eigenvalue weighted by molar-refractivity contribution is 6.62. The van der Waals surface area contributed by atoms with Crippen LogP contribution in [0.2, 0.25) is 0 Å². The molecule has 0 aliphatic carbocycles. The molecule has 0 spiro atoms. The molecule has 1 saturated heterocycles. The fraction of sp³-hybridized carbons (Fsp3) is 0.625. The molecule has 2 rings (SSSR count). The molecule has 0 unspecified atom stereocenters. The van der Waals surface area contributed by atoms with Gasteiger partial charge in [-0.05, 0) is 57.1 Å². The molecular weight excluding hydrogens is 254 g/mol. The van der Waals surface area contributed by atoms with Crippen molar-refractivity contribution in [1.29, 1.82) is 0 Å². The van der Waals surface area contributed by atoms with Crippen molar-refractivity contribution >= 4 is 12.6 Å². The molecule has 4 heteroatoms. The Bertz CT molecular complexity index is 483. The van der Waals surface area contributed by atoms with E-state index in [2.05, 4.69) is 6.92 Å². The van der Waals surface area contributed by atoms with Crippen molar-refractivity contribution in [2.45, 2.75) is 65.1 Å². The van der Waals surface area contributed by atoms with Crippen LogP contribution in [0.3, 0.4) is 0 Å². The van der Waals surface area contributed by atoms with Crippen LogP contribution in [0.5, 0.6) is 0 Å². The molecule has 0 N–H and O–H groups in total. The molecule has 0 amide bonds. The van der Waals surface area contributed by atoms with Gasteiger partial charge in [-0.2, -0.15) is 0 Å². The van der Waals surface area contributed by atoms with E-state index in [0.717, 1.165) is 17.4 Å². The lowest BCUT2D eigenvalue weighted by molar-refractivity contribution is 0.00578. The van der Waals surface area contributed by atoms with Crippen LogP contribution in [0.4, 0.5) is 4.39 Å². The summed E-state index contributed by atoms with van der Waals surface area (Å²) >= 11 is 0. The fourth-order valence-electron chi connectivity index (χ4n) is 2.29. The molecule has 20 heavy (non-hydrogen) atoms. The first-order valence-corrected chi connectivity index (χ1v) is 7.33. The highest BCUT2D eigenvalue weighted by Crippen LogP contribution is 2.36. The zero-order chi connectivity index (χ0) is 15.1. The summed E-state index contributed by atoms with van der Waals surface area (Å²) in [4.78, 5) is 0. The summed E-state index contributed by atoms with van der Waals surface area (Å²) < 4.78 is 26.1. The fourth-order valence-corrected chi connectivity index (χ4v) is 2.29. The minimum absolute atomic E-state index is 0.174. The standard InChI is InChI=1S/C16H24BFO2/c1-7-11(2)13-9-8-12(10-14(13)18)17-19-15(3,4)16(5,6)20-17/h8-11H,7H2,1-6H3/t11-/m0/s1. The third-order valence-corrected chi connectivity index (χ3v) is 4.69. The summed E-state index contributed by atoms with van der Waals surface area (Å²) in [5.74, 6) is 0.0499. The van der Waals surface area contributed by atoms with Gasteiger partial charge in [-0.1, -0.05) is 26.0 Å². The smallest absolute Gasteiger partial charge is 0.399 e. The van der Waals surface area contributed by atoms with E-state index >= 15 is 0 Å². The van der Waals surface area contributed by atoms with E-state index in [1.165, 1.54) is 0 Å². The van der Waals surface area contributed by atoms with Crippen molar-refractivity contribution in [1.82, 2.24) is 0 Å². The first kappa shape index (κ1) is 15.5. The van der Waals surface area contributed by atoms with Gasteiger partial charge < -0.3 is 9.31 Å². The van der Waals surface area contributed by atoms with Gasteiger partial charge in [-0.25, -0.2) is 4.39 Å². The summed E-state index contributed by atoms with van der Waals surface area (Å²) in [5, 5.41) is 0. The second kappa shape index (κ2) is 5.16. The number of hydrogen-bond acceptors (Lipinski definition) is 2.